The highest BCUT2D eigenvalue weighted by Crippen LogP contribution is 2.38. The molecule has 0 aliphatic heterocycles. The molecule has 0 fully saturated rings. The first-order valence-corrected chi connectivity index (χ1v) is 10.6. The number of aryl methyl sites for hydroxylation is 3. The molecule has 1 heterocycles. The van der Waals surface area contributed by atoms with Gasteiger partial charge in [-0.05, 0) is 48.4 Å². The third kappa shape index (κ3) is 4.62. The minimum Gasteiger partial charge on any atom is -0.493 e. The fraction of sp³-hybridized carbons (Fsp3) is 0.231. The number of para-hydroxylation sites is 2. The Balaban J connectivity index is 1.49. The molecule has 3 aromatic carbocycles. The lowest BCUT2D eigenvalue weighted by molar-refractivity contribution is 0.102. The molecule has 1 amide bonds. The minimum absolute atomic E-state index is 0.262. The molecule has 7 nitrogen and oxygen atoms in total. The van der Waals surface area contributed by atoms with Crippen LogP contribution in [0.4, 0.5) is 5.69 Å². The third-order valence-corrected chi connectivity index (χ3v) is 5.63. The summed E-state index contributed by atoms with van der Waals surface area (Å²) in [6, 6.07) is 19.2. The van der Waals surface area contributed by atoms with Crippen LogP contribution in [-0.4, -0.2) is 36.8 Å². The van der Waals surface area contributed by atoms with E-state index in [0.717, 1.165) is 41.0 Å². The molecule has 33 heavy (non-hydrogen) atoms. The van der Waals surface area contributed by atoms with Gasteiger partial charge in [-0.2, -0.15) is 0 Å². The average molecular weight is 446 g/mol. The first kappa shape index (κ1) is 22.2. The van der Waals surface area contributed by atoms with Crippen LogP contribution in [0.15, 0.2) is 60.7 Å². The van der Waals surface area contributed by atoms with Gasteiger partial charge in [-0.15, -0.1) is 0 Å². The summed E-state index contributed by atoms with van der Waals surface area (Å²) >= 11 is 0. The molecule has 0 saturated carbocycles. The normalized spacial score (nSPS) is 10.8. The number of carbonyl (C=O) groups is 1. The van der Waals surface area contributed by atoms with E-state index in [1.807, 2.05) is 43.4 Å². The summed E-state index contributed by atoms with van der Waals surface area (Å²) in [5, 5.41) is 2.96. The zero-order chi connectivity index (χ0) is 23.4. The fourth-order valence-corrected chi connectivity index (χ4v) is 3.90. The van der Waals surface area contributed by atoms with E-state index >= 15 is 0 Å². The molecular weight excluding hydrogens is 418 g/mol. The smallest absolute Gasteiger partial charge is 0.255 e. The number of anilines is 1. The zero-order valence-corrected chi connectivity index (χ0v) is 19.2. The SMILES string of the molecule is COc1cc(C(=O)Nc2cccc(CCc3nc4ccccc4n3C)c2)cc(OC)c1OC. The van der Waals surface area contributed by atoms with E-state index in [2.05, 4.69) is 22.0 Å². The summed E-state index contributed by atoms with van der Waals surface area (Å²) in [7, 11) is 6.61. The maximum absolute atomic E-state index is 12.9. The predicted octanol–water partition coefficient (Wildman–Crippen LogP) is 4.64. The van der Waals surface area contributed by atoms with Gasteiger partial charge in [0.05, 0.1) is 32.4 Å². The number of benzene rings is 3. The molecule has 0 saturated heterocycles. The molecule has 0 spiro atoms. The maximum Gasteiger partial charge on any atom is 0.255 e. The molecular formula is C26H27N3O4. The van der Waals surface area contributed by atoms with E-state index in [1.165, 1.54) is 21.3 Å². The first-order valence-electron chi connectivity index (χ1n) is 10.6. The van der Waals surface area contributed by atoms with Crippen LogP contribution < -0.4 is 19.5 Å². The molecule has 0 unspecified atom stereocenters. The van der Waals surface area contributed by atoms with E-state index < -0.39 is 0 Å². The van der Waals surface area contributed by atoms with E-state index in [1.54, 1.807) is 12.1 Å². The van der Waals surface area contributed by atoms with E-state index in [0.29, 0.717) is 22.8 Å². The van der Waals surface area contributed by atoms with Gasteiger partial charge in [0.2, 0.25) is 5.75 Å². The molecule has 4 rings (SSSR count). The fourth-order valence-electron chi connectivity index (χ4n) is 3.90. The number of methoxy groups -OCH3 is 3. The second kappa shape index (κ2) is 9.65. The quantitative estimate of drug-likeness (QED) is 0.428. The zero-order valence-electron chi connectivity index (χ0n) is 19.2. The Kier molecular flexibility index (Phi) is 6.49. The number of hydrogen-bond donors (Lipinski definition) is 1. The molecule has 1 N–H and O–H groups in total. The lowest BCUT2D eigenvalue weighted by Crippen LogP contribution is -2.13. The van der Waals surface area contributed by atoms with E-state index in [9.17, 15) is 4.79 Å². The van der Waals surface area contributed by atoms with Gasteiger partial charge in [0, 0.05) is 24.7 Å². The number of fused-ring (bicyclic) bond motifs is 1. The van der Waals surface area contributed by atoms with Crippen molar-refractivity contribution in [3.05, 3.63) is 77.6 Å². The number of ether oxygens (including phenoxy) is 3. The van der Waals surface area contributed by atoms with Gasteiger partial charge in [-0.25, -0.2) is 4.98 Å². The predicted molar refractivity (Wildman–Crippen MR) is 129 cm³/mol. The Morgan fingerprint density at radius 1 is 0.909 bits per heavy atom. The third-order valence-electron chi connectivity index (χ3n) is 5.63. The van der Waals surface area contributed by atoms with Gasteiger partial charge < -0.3 is 24.1 Å². The first-order chi connectivity index (χ1) is 16.0. The highest BCUT2D eigenvalue weighted by Gasteiger charge is 2.17. The van der Waals surface area contributed by atoms with Crippen LogP contribution >= 0.6 is 0 Å². The summed E-state index contributed by atoms with van der Waals surface area (Å²) in [4.78, 5) is 17.7. The van der Waals surface area contributed by atoms with Crippen molar-refractivity contribution in [1.29, 1.82) is 0 Å². The second-order valence-corrected chi connectivity index (χ2v) is 7.64. The van der Waals surface area contributed by atoms with Crippen LogP contribution in [-0.2, 0) is 19.9 Å². The maximum atomic E-state index is 12.9. The Labute approximate surface area is 192 Å². The van der Waals surface area contributed by atoms with Gasteiger partial charge in [-0.1, -0.05) is 24.3 Å². The molecule has 0 bridgehead atoms. The van der Waals surface area contributed by atoms with E-state index in [-0.39, 0.29) is 5.91 Å². The van der Waals surface area contributed by atoms with Crippen LogP contribution in [0.1, 0.15) is 21.7 Å². The Hall–Kier alpha value is -4.00. The van der Waals surface area contributed by atoms with Crippen molar-refractivity contribution >= 4 is 22.6 Å². The van der Waals surface area contributed by atoms with Crippen LogP contribution in [0.2, 0.25) is 0 Å². The van der Waals surface area contributed by atoms with Gasteiger partial charge >= 0.3 is 0 Å². The van der Waals surface area contributed by atoms with Crippen molar-refractivity contribution < 1.29 is 19.0 Å². The average Bonchev–Trinajstić information content (AvgIpc) is 3.17. The number of nitrogens with zero attached hydrogens (tertiary/aromatic N) is 2. The van der Waals surface area contributed by atoms with Gasteiger partial charge in [0.25, 0.3) is 5.91 Å². The topological polar surface area (TPSA) is 74.6 Å². The van der Waals surface area contributed by atoms with Crippen molar-refractivity contribution in [2.45, 2.75) is 12.8 Å². The van der Waals surface area contributed by atoms with E-state index in [4.69, 9.17) is 19.2 Å². The van der Waals surface area contributed by atoms with Crippen molar-refractivity contribution in [3.63, 3.8) is 0 Å². The highest BCUT2D eigenvalue weighted by atomic mass is 16.5. The largest absolute Gasteiger partial charge is 0.493 e. The standard InChI is InChI=1S/C26H27N3O4/c1-29-21-11-6-5-10-20(21)28-24(29)13-12-17-8-7-9-19(14-17)27-26(30)18-15-22(31-2)25(33-4)23(16-18)32-3/h5-11,14-16H,12-13H2,1-4H3,(H,27,30). The summed E-state index contributed by atoms with van der Waals surface area (Å²) in [6.07, 6.45) is 1.61. The Bertz CT molecular complexity index is 1270. The highest BCUT2D eigenvalue weighted by molar-refractivity contribution is 6.05. The lowest BCUT2D eigenvalue weighted by atomic mass is 10.1. The van der Waals surface area contributed by atoms with Crippen LogP contribution in [0.25, 0.3) is 11.0 Å². The van der Waals surface area contributed by atoms with Crippen molar-refractivity contribution in [2.75, 3.05) is 26.6 Å². The van der Waals surface area contributed by atoms with Crippen molar-refractivity contribution in [3.8, 4) is 17.2 Å². The molecule has 4 aromatic rings. The lowest BCUT2D eigenvalue weighted by Gasteiger charge is -2.14. The molecule has 0 aliphatic rings. The van der Waals surface area contributed by atoms with Crippen LogP contribution in [0, 0.1) is 0 Å². The number of hydrogen-bond acceptors (Lipinski definition) is 5. The van der Waals surface area contributed by atoms with Gasteiger partial charge in [-0.3, -0.25) is 4.79 Å². The molecule has 1 aromatic heterocycles. The Morgan fingerprint density at radius 3 is 2.30 bits per heavy atom. The number of imidazole rings is 1. The summed E-state index contributed by atoms with van der Waals surface area (Å²) in [5.74, 6) is 2.07. The van der Waals surface area contributed by atoms with Gasteiger partial charge in [0.15, 0.2) is 11.5 Å². The van der Waals surface area contributed by atoms with Gasteiger partial charge in [0.1, 0.15) is 5.82 Å². The number of aromatic nitrogens is 2. The number of rotatable bonds is 8. The molecule has 0 radical (unpaired) electrons. The summed E-state index contributed by atoms with van der Waals surface area (Å²) < 4.78 is 18.2. The summed E-state index contributed by atoms with van der Waals surface area (Å²) in [5.41, 5.74) is 4.37. The minimum atomic E-state index is -0.262. The molecule has 7 heteroatoms. The van der Waals surface area contributed by atoms with Crippen molar-refractivity contribution in [2.24, 2.45) is 7.05 Å². The monoisotopic (exact) mass is 445 g/mol. The Morgan fingerprint density at radius 2 is 1.64 bits per heavy atom. The summed E-state index contributed by atoms with van der Waals surface area (Å²) in [6.45, 7) is 0. The van der Waals surface area contributed by atoms with Crippen molar-refractivity contribution in [1.82, 2.24) is 9.55 Å². The molecule has 0 aliphatic carbocycles. The van der Waals surface area contributed by atoms with Crippen LogP contribution in [0.3, 0.4) is 0 Å². The van der Waals surface area contributed by atoms with Crippen LogP contribution in [0.5, 0.6) is 17.2 Å². The molecule has 0 atom stereocenters. The molecule has 170 valence electrons. The number of nitrogens with one attached hydrogen (secondary N) is 1. The number of carbonyl (C=O) groups excluding carboxylic acids is 1. The second-order valence-electron chi connectivity index (χ2n) is 7.64. The number of amides is 1.